The van der Waals surface area contributed by atoms with Crippen LogP contribution in [0.15, 0.2) is 36.5 Å². The summed E-state index contributed by atoms with van der Waals surface area (Å²) in [6.45, 7) is 8.25. The molecule has 6 rings (SSSR count). The Morgan fingerprint density at radius 2 is 1.93 bits per heavy atom. The van der Waals surface area contributed by atoms with Crippen molar-refractivity contribution in [3.05, 3.63) is 58.2 Å². The lowest BCUT2D eigenvalue weighted by atomic mass is 9.88. The van der Waals surface area contributed by atoms with Gasteiger partial charge in [-0.2, -0.15) is 5.10 Å². The minimum absolute atomic E-state index is 0.0231. The number of likely N-dealkylation sites (tertiary alicyclic amines) is 1. The molecule has 0 aliphatic carbocycles. The van der Waals surface area contributed by atoms with Crippen molar-refractivity contribution in [1.82, 2.24) is 20.0 Å². The lowest BCUT2D eigenvalue weighted by Gasteiger charge is -2.37. The maximum Gasteiger partial charge on any atom is 0.226 e. The molecule has 3 aliphatic rings. The minimum Gasteiger partial charge on any atom is -0.592 e. The number of rotatable bonds is 4. The Labute approximate surface area is 253 Å². The zero-order valence-corrected chi connectivity index (χ0v) is 25.7. The first-order valence-corrected chi connectivity index (χ1v) is 16.1. The predicted molar refractivity (Wildman–Crippen MR) is 163 cm³/mol. The predicted octanol–water partition coefficient (Wildman–Crippen LogP) is 4.73. The van der Waals surface area contributed by atoms with E-state index in [0.29, 0.717) is 61.7 Å². The first kappa shape index (κ1) is 29.0. The first-order chi connectivity index (χ1) is 20.0. The number of ketones is 1. The standard InChI is InChI=1S/C31H36ClN5O4S/c1-31(2,3)17-37-16-23-19(13-24(32)27-22(23)15-33-34-27)12-20(30(37)40)14-26(38)36-10-8-18(9-11-36)29-28(39)21-6-4-5-7-25(21)35-42(29)41/h4-7,13,15,18,20,29,35H,8-12,14,16-17H2,1-3H3,(H,33,34)/t20-,29?,42?/m0/s1. The highest BCUT2D eigenvalue weighted by atomic mass is 35.5. The van der Waals surface area contributed by atoms with E-state index >= 15 is 0 Å². The molecule has 0 bridgehead atoms. The first-order valence-electron chi connectivity index (χ1n) is 14.5. The molecule has 2 unspecified atom stereocenters. The fourth-order valence-electron chi connectivity index (χ4n) is 6.69. The quantitative estimate of drug-likeness (QED) is 0.413. The van der Waals surface area contributed by atoms with E-state index in [0.717, 1.165) is 22.0 Å². The highest BCUT2D eigenvalue weighted by Crippen LogP contribution is 2.37. The number of anilines is 1. The molecule has 3 aromatic rings. The van der Waals surface area contributed by atoms with Gasteiger partial charge in [0.2, 0.25) is 22.8 Å². The van der Waals surface area contributed by atoms with Gasteiger partial charge < -0.3 is 14.4 Å². The van der Waals surface area contributed by atoms with Crippen LogP contribution in [0, 0.1) is 17.3 Å². The molecule has 9 nitrogen and oxygen atoms in total. The molecule has 0 saturated carbocycles. The van der Waals surface area contributed by atoms with Gasteiger partial charge in [0, 0.05) is 43.9 Å². The van der Waals surface area contributed by atoms with E-state index in [1.54, 1.807) is 23.2 Å². The highest BCUT2D eigenvalue weighted by molar-refractivity contribution is 7.94. The monoisotopic (exact) mass is 609 g/mol. The lowest BCUT2D eigenvalue weighted by Crippen LogP contribution is -2.49. The molecule has 0 spiro atoms. The summed E-state index contributed by atoms with van der Waals surface area (Å²) in [7, 11) is 0. The van der Waals surface area contributed by atoms with Gasteiger partial charge in [-0.1, -0.05) is 44.5 Å². The van der Waals surface area contributed by atoms with Crippen molar-refractivity contribution in [2.45, 2.75) is 58.2 Å². The summed E-state index contributed by atoms with van der Waals surface area (Å²) in [4.78, 5) is 44.4. The van der Waals surface area contributed by atoms with Crippen molar-refractivity contribution in [2.75, 3.05) is 24.4 Å². The summed E-state index contributed by atoms with van der Waals surface area (Å²) in [5.41, 5.74) is 3.81. The van der Waals surface area contributed by atoms with Gasteiger partial charge in [-0.05, 0) is 54.0 Å². The molecule has 2 N–H and O–H groups in total. The largest absolute Gasteiger partial charge is 0.592 e. The number of benzene rings is 2. The van der Waals surface area contributed by atoms with Crippen LogP contribution in [0.5, 0.6) is 0 Å². The number of para-hydroxylation sites is 1. The molecule has 1 fully saturated rings. The molecule has 11 heteroatoms. The fraction of sp³-hybridized carbons (Fsp3) is 0.484. The molecule has 1 saturated heterocycles. The minimum atomic E-state index is -1.51. The molecule has 3 aliphatic heterocycles. The summed E-state index contributed by atoms with van der Waals surface area (Å²) < 4.78 is 16.0. The molecule has 1 aromatic heterocycles. The maximum absolute atomic E-state index is 13.9. The Morgan fingerprint density at radius 1 is 1.19 bits per heavy atom. The van der Waals surface area contributed by atoms with Gasteiger partial charge in [0.1, 0.15) is 0 Å². The van der Waals surface area contributed by atoms with Crippen LogP contribution < -0.4 is 4.72 Å². The number of carbonyl (C=O) groups excluding carboxylic acids is 3. The Bertz CT molecular complexity index is 1540. The Hall–Kier alpha value is -3.08. The van der Waals surface area contributed by atoms with E-state index in [2.05, 4.69) is 35.7 Å². The number of hydrogen-bond donors (Lipinski definition) is 2. The third-order valence-electron chi connectivity index (χ3n) is 8.67. The molecule has 0 radical (unpaired) electrons. The third-order valence-corrected chi connectivity index (χ3v) is 10.4. The zero-order valence-electron chi connectivity index (χ0n) is 24.1. The fourth-order valence-corrected chi connectivity index (χ4v) is 8.43. The number of carbonyl (C=O) groups is 3. The summed E-state index contributed by atoms with van der Waals surface area (Å²) in [5, 5.41) is 7.99. The van der Waals surface area contributed by atoms with Crippen molar-refractivity contribution in [2.24, 2.45) is 17.3 Å². The smallest absolute Gasteiger partial charge is 0.226 e. The number of halogens is 1. The second kappa shape index (κ2) is 11.2. The SMILES string of the molecule is CC(C)(C)CN1Cc2c(cc(Cl)c3[nH]ncc23)C[C@@H](CC(=O)N2CCC(C3C(=O)c4ccccc4N[S+]3[O-])CC2)C1=O. The number of aromatic nitrogens is 2. The lowest BCUT2D eigenvalue weighted by molar-refractivity contribution is -0.142. The average Bonchev–Trinajstić information content (AvgIpc) is 3.40. The number of nitrogens with one attached hydrogen (secondary N) is 2. The summed E-state index contributed by atoms with van der Waals surface area (Å²) >= 11 is 5.06. The summed E-state index contributed by atoms with van der Waals surface area (Å²) in [5.74, 6) is -0.783. The summed E-state index contributed by atoms with van der Waals surface area (Å²) in [6, 6.07) is 9.06. The molecule has 3 atom stereocenters. The van der Waals surface area contributed by atoms with Crippen LogP contribution in [0.25, 0.3) is 10.9 Å². The van der Waals surface area contributed by atoms with Crippen LogP contribution >= 0.6 is 11.6 Å². The third kappa shape index (κ3) is 5.52. The Morgan fingerprint density at radius 3 is 2.67 bits per heavy atom. The average molecular weight is 610 g/mol. The van der Waals surface area contributed by atoms with Gasteiger partial charge in [-0.3, -0.25) is 19.5 Å². The Kier molecular flexibility index (Phi) is 7.74. The van der Waals surface area contributed by atoms with Crippen molar-refractivity contribution < 1.29 is 18.9 Å². The van der Waals surface area contributed by atoms with Gasteiger partial charge in [0.15, 0.2) is 0 Å². The van der Waals surface area contributed by atoms with Gasteiger partial charge in [-0.15, -0.1) is 0 Å². The number of nitrogens with zero attached hydrogens (tertiary/aromatic N) is 3. The van der Waals surface area contributed by atoms with E-state index in [1.165, 1.54) is 0 Å². The molecule has 2 amide bonds. The number of H-pyrrole nitrogens is 1. The molecule has 222 valence electrons. The molecule has 4 heterocycles. The van der Waals surface area contributed by atoms with Gasteiger partial charge in [0.05, 0.1) is 45.3 Å². The van der Waals surface area contributed by atoms with Crippen molar-refractivity contribution in [1.29, 1.82) is 0 Å². The number of amides is 2. The van der Waals surface area contributed by atoms with E-state index in [-0.39, 0.29) is 35.4 Å². The van der Waals surface area contributed by atoms with Crippen molar-refractivity contribution >= 4 is 57.2 Å². The molecule has 2 aromatic carbocycles. The second-order valence-electron chi connectivity index (χ2n) is 13.0. The van der Waals surface area contributed by atoms with Crippen LogP contribution in [0.3, 0.4) is 0 Å². The topological polar surface area (TPSA) is 121 Å². The van der Waals surface area contributed by atoms with Gasteiger partial charge >= 0.3 is 0 Å². The van der Waals surface area contributed by atoms with Crippen LogP contribution in [0.2, 0.25) is 5.02 Å². The summed E-state index contributed by atoms with van der Waals surface area (Å²) in [6.07, 6.45) is 3.47. The number of hydrogen-bond acceptors (Lipinski definition) is 6. The van der Waals surface area contributed by atoms with E-state index in [9.17, 15) is 18.9 Å². The highest BCUT2D eigenvalue weighted by Gasteiger charge is 2.45. The van der Waals surface area contributed by atoms with Gasteiger partial charge in [-0.25, -0.2) is 4.72 Å². The van der Waals surface area contributed by atoms with Crippen molar-refractivity contribution in [3.63, 3.8) is 0 Å². The Balaban J connectivity index is 1.17. The zero-order chi connectivity index (χ0) is 29.8. The number of piperidine rings is 1. The number of aromatic amines is 1. The second-order valence-corrected chi connectivity index (χ2v) is 14.7. The van der Waals surface area contributed by atoms with Crippen LogP contribution in [-0.4, -0.2) is 67.0 Å². The van der Waals surface area contributed by atoms with E-state index < -0.39 is 22.5 Å². The number of fused-ring (bicyclic) bond motifs is 4. The maximum atomic E-state index is 13.9. The van der Waals surface area contributed by atoms with E-state index in [4.69, 9.17) is 11.6 Å². The molecule has 42 heavy (non-hydrogen) atoms. The van der Waals surface area contributed by atoms with Gasteiger partial charge in [0.25, 0.3) is 0 Å². The van der Waals surface area contributed by atoms with Crippen LogP contribution in [-0.2, 0) is 33.9 Å². The normalized spacial score (nSPS) is 23.4. The number of Topliss-reactive ketones (excluding diaryl/α,β-unsaturated/α-hetero) is 1. The van der Waals surface area contributed by atoms with Crippen molar-refractivity contribution in [3.8, 4) is 0 Å². The van der Waals surface area contributed by atoms with Crippen LogP contribution in [0.1, 0.15) is 61.5 Å². The molecular formula is C31H36ClN5O4S. The van der Waals surface area contributed by atoms with E-state index in [1.807, 2.05) is 23.1 Å². The molecular weight excluding hydrogens is 574 g/mol. The van der Waals surface area contributed by atoms with Crippen LogP contribution in [0.4, 0.5) is 5.69 Å².